The number of H-pyrrole nitrogens is 1. The first-order valence-electron chi connectivity index (χ1n) is 9.44. The summed E-state index contributed by atoms with van der Waals surface area (Å²) in [5.74, 6) is -0.151. The van der Waals surface area contributed by atoms with Gasteiger partial charge in [-0.05, 0) is 33.2 Å². The zero-order valence-corrected chi connectivity index (χ0v) is 17.6. The number of nitrogens with zero attached hydrogens (tertiary/aromatic N) is 2. The zero-order chi connectivity index (χ0) is 19.7. The Labute approximate surface area is 176 Å². The van der Waals surface area contributed by atoms with Gasteiger partial charge in [-0.2, -0.15) is 0 Å². The Morgan fingerprint density at radius 1 is 1.07 bits per heavy atom. The first-order chi connectivity index (χ1) is 13.5. The number of aromatic nitrogens is 2. The zero-order valence-electron chi connectivity index (χ0n) is 16.8. The smallest absolute Gasteiger partial charge is 0.269 e. The number of rotatable bonds is 5. The molecule has 5 nitrogen and oxygen atoms in total. The number of likely N-dealkylation sites (N-methyl/N-ethyl adjacent to an activating group) is 1. The molecule has 4 rings (SSSR count). The molecule has 2 heterocycles. The van der Waals surface area contributed by atoms with Gasteiger partial charge in [0.05, 0.1) is 11.2 Å². The molecule has 0 bridgehead atoms. The van der Waals surface area contributed by atoms with E-state index in [1.165, 1.54) is 5.56 Å². The van der Waals surface area contributed by atoms with Gasteiger partial charge in [-0.25, -0.2) is 4.98 Å². The van der Waals surface area contributed by atoms with Crippen molar-refractivity contribution in [3.8, 4) is 11.3 Å². The molecule has 2 N–H and O–H groups in total. The number of fused-ring (bicyclic) bond motifs is 3. The van der Waals surface area contributed by atoms with E-state index in [0.29, 0.717) is 12.2 Å². The lowest BCUT2D eigenvalue weighted by Crippen LogP contribution is -2.31. The molecular weight excluding hydrogens is 384 g/mol. The summed E-state index contributed by atoms with van der Waals surface area (Å²) in [5, 5.41) is 5.08. The van der Waals surface area contributed by atoms with Gasteiger partial charge in [0.1, 0.15) is 5.69 Å². The quantitative estimate of drug-likeness (QED) is 0.514. The molecule has 0 saturated carbocycles. The summed E-state index contributed by atoms with van der Waals surface area (Å²) in [6, 6.07) is 18.3. The summed E-state index contributed by atoms with van der Waals surface area (Å²) >= 11 is 0. The van der Waals surface area contributed by atoms with Crippen LogP contribution in [-0.4, -0.2) is 48.0 Å². The van der Waals surface area contributed by atoms with Crippen molar-refractivity contribution in [3.05, 3.63) is 65.9 Å². The normalized spacial score (nSPS) is 11.0. The van der Waals surface area contributed by atoms with Gasteiger partial charge >= 0.3 is 0 Å². The van der Waals surface area contributed by atoms with Gasteiger partial charge in [-0.3, -0.25) is 4.79 Å². The number of para-hydroxylation sites is 1. The number of benzene rings is 2. The van der Waals surface area contributed by atoms with Crippen LogP contribution >= 0.6 is 12.4 Å². The Kier molecular flexibility index (Phi) is 6.20. The van der Waals surface area contributed by atoms with E-state index in [2.05, 4.69) is 47.6 Å². The van der Waals surface area contributed by atoms with Gasteiger partial charge in [-0.1, -0.05) is 48.0 Å². The third kappa shape index (κ3) is 4.26. The van der Waals surface area contributed by atoms with Crippen LogP contribution in [0.1, 0.15) is 16.1 Å². The van der Waals surface area contributed by atoms with E-state index >= 15 is 0 Å². The summed E-state index contributed by atoms with van der Waals surface area (Å²) < 4.78 is 0. The average Bonchev–Trinajstić information content (AvgIpc) is 3.06. The number of amides is 1. The molecule has 150 valence electrons. The molecule has 0 saturated heterocycles. The third-order valence-electron chi connectivity index (χ3n) is 4.90. The number of carbonyl (C=O) groups is 1. The summed E-state index contributed by atoms with van der Waals surface area (Å²) in [4.78, 5) is 23.0. The van der Waals surface area contributed by atoms with E-state index in [-0.39, 0.29) is 18.3 Å². The van der Waals surface area contributed by atoms with Gasteiger partial charge in [-0.15, -0.1) is 12.4 Å². The molecule has 29 heavy (non-hydrogen) atoms. The number of nitrogens with one attached hydrogen (secondary N) is 2. The first-order valence-corrected chi connectivity index (χ1v) is 9.44. The fourth-order valence-corrected chi connectivity index (χ4v) is 3.37. The molecule has 0 aliphatic carbocycles. The molecule has 0 radical (unpaired) electrons. The second-order valence-corrected chi connectivity index (χ2v) is 7.37. The minimum Gasteiger partial charge on any atom is -0.353 e. The number of carbonyl (C=O) groups excluding carboxylic acids is 1. The van der Waals surface area contributed by atoms with Gasteiger partial charge < -0.3 is 15.2 Å². The largest absolute Gasteiger partial charge is 0.353 e. The highest BCUT2D eigenvalue weighted by Crippen LogP contribution is 2.32. The van der Waals surface area contributed by atoms with Crippen LogP contribution in [0.15, 0.2) is 54.6 Å². The van der Waals surface area contributed by atoms with Crippen molar-refractivity contribution >= 4 is 40.1 Å². The molecule has 0 atom stereocenters. The number of aromatic amines is 1. The van der Waals surface area contributed by atoms with E-state index in [4.69, 9.17) is 4.98 Å². The lowest BCUT2D eigenvalue weighted by Gasteiger charge is -2.11. The topological polar surface area (TPSA) is 61.0 Å². The van der Waals surface area contributed by atoms with Crippen molar-refractivity contribution in [1.82, 2.24) is 20.2 Å². The van der Waals surface area contributed by atoms with E-state index in [1.807, 2.05) is 43.3 Å². The molecule has 2 aromatic carbocycles. The lowest BCUT2D eigenvalue weighted by atomic mass is 10.1. The van der Waals surface area contributed by atoms with Crippen LogP contribution in [0, 0.1) is 6.92 Å². The van der Waals surface area contributed by atoms with E-state index < -0.39 is 0 Å². The first kappa shape index (κ1) is 20.8. The van der Waals surface area contributed by atoms with Crippen LogP contribution in [0.3, 0.4) is 0 Å². The molecule has 2 aromatic heterocycles. The van der Waals surface area contributed by atoms with Crippen molar-refractivity contribution in [1.29, 1.82) is 0 Å². The summed E-state index contributed by atoms with van der Waals surface area (Å²) in [5.41, 5.74) is 5.41. The molecule has 0 unspecified atom stereocenters. The second kappa shape index (κ2) is 8.64. The monoisotopic (exact) mass is 408 g/mol. The van der Waals surface area contributed by atoms with E-state index in [9.17, 15) is 4.79 Å². The maximum Gasteiger partial charge on any atom is 0.269 e. The van der Waals surface area contributed by atoms with E-state index in [1.54, 1.807) is 0 Å². The number of hydrogen-bond acceptors (Lipinski definition) is 3. The predicted octanol–water partition coefficient (Wildman–Crippen LogP) is 4.40. The second-order valence-electron chi connectivity index (χ2n) is 7.37. The molecule has 6 heteroatoms. The molecule has 0 aliphatic heterocycles. The molecule has 0 spiro atoms. The van der Waals surface area contributed by atoms with Crippen LogP contribution in [0.5, 0.6) is 0 Å². The van der Waals surface area contributed by atoms with Crippen molar-refractivity contribution in [2.24, 2.45) is 0 Å². The van der Waals surface area contributed by atoms with Gasteiger partial charge in [0.25, 0.3) is 5.91 Å². The van der Waals surface area contributed by atoms with E-state index in [0.717, 1.165) is 39.6 Å². The minimum atomic E-state index is -0.151. The maximum absolute atomic E-state index is 12.8. The predicted molar refractivity (Wildman–Crippen MR) is 122 cm³/mol. The van der Waals surface area contributed by atoms with Gasteiger partial charge in [0, 0.05) is 34.9 Å². The Hall–Kier alpha value is -2.89. The summed E-state index contributed by atoms with van der Waals surface area (Å²) in [7, 11) is 3.97. The highest BCUT2D eigenvalue weighted by molar-refractivity contribution is 6.13. The van der Waals surface area contributed by atoms with Crippen LogP contribution in [0.2, 0.25) is 0 Å². The SMILES string of the molecule is Cc1ccc(-c2nc(C(=O)NCCN(C)C)cc3c2[nH]c2ccccc23)cc1.Cl. The van der Waals surface area contributed by atoms with Gasteiger partial charge in [0.15, 0.2) is 0 Å². The lowest BCUT2D eigenvalue weighted by molar-refractivity contribution is 0.0946. The van der Waals surface area contributed by atoms with Crippen LogP contribution in [-0.2, 0) is 0 Å². The van der Waals surface area contributed by atoms with Gasteiger partial charge in [0.2, 0.25) is 0 Å². The molecule has 4 aromatic rings. The summed E-state index contributed by atoms with van der Waals surface area (Å²) in [6.45, 7) is 3.43. The third-order valence-corrected chi connectivity index (χ3v) is 4.90. The minimum absolute atomic E-state index is 0. The average molecular weight is 409 g/mol. The Morgan fingerprint density at radius 2 is 1.79 bits per heavy atom. The number of pyridine rings is 1. The number of hydrogen-bond donors (Lipinski definition) is 2. The fourth-order valence-electron chi connectivity index (χ4n) is 3.37. The van der Waals surface area contributed by atoms with Crippen molar-refractivity contribution in [2.75, 3.05) is 27.2 Å². The highest BCUT2D eigenvalue weighted by Gasteiger charge is 2.16. The Balaban J connectivity index is 0.00000240. The van der Waals surface area contributed by atoms with Crippen LogP contribution < -0.4 is 5.32 Å². The van der Waals surface area contributed by atoms with Crippen molar-refractivity contribution in [2.45, 2.75) is 6.92 Å². The molecule has 1 amide bonds. The Bertz CT molecular complexity index is 1150. The standard InChI is InChI=1S/C23H24N4O.ClH/c1-15-8-10-16(11-9-15)21-22-18(17-6-4-5-7-19(17)25-22)14-20(26-21)23(28)24-12-13-27(2)3;/h4-11,14,25H,12-13H2,1-3H3,(H,24,28);1H. The summed E-state index contributed by atoms with van der Waals surface area (Å²) in [6.07, 6.45) is 0. The van der Waals surface area contributed by atoms with Crippen LogP contribution in [0.4, 0.5) is 0 Å². The van der Waals surface area contributed by atoms with Crippen molar-refractivity contribution in [3.63, 3.8) is 0 Å². The number of halogens is 1. The maximum atomic E-state index is 12.8. The molecular formula is C23H25ClN4O. The van der Waals surface area contributed by atoms with Crippen molar-refractivity contribution < 1.29 is 4.79 Å². The highest BCUT2D eigenvalue weighted by atomic mass is 35.5. The number of aryl methyl sites for hydroxylation is 1. The van der Waals surface area contributed by atoms with Crippen LogP contribution in [0.25, 0.3) is 33.1 Å². The molecule has 0 fully saturated rings. The molecule has 0 aliphatic rings. The Morgan fingerprint density at radius 3 is 2.52 bits per heavy atom. The fraction of sp³-hybridized carbons (Fsp3) is 0.217.